The molecule has 0 fully saturated rings. The molecule has 258 valence electrons. The molecule has 0 unspecified atom stereocenters. The lowest BCUT2D eigenvalue weighted by Gasteiger charge is -2.22. The summed E-state index contributed by atoms with van der Waals surface area (Å²) in [5, 5.41) is 7.36. The molecular formula is C44H46O6. The second kappa shape index (κ2) is 16.0. The number of benzene rings is 5. The quantitative estimate of drug-likeness (QED) is 0.0342. The van der Waals surface area contributed by atoms with Gasteiger partial charge in [0, 0.05) is 18.2 Å². The van der Waals surface area contributed by atoms with Crippen molar-refractivity contribution in [2.24, 2.45) is 0 Å². The summed E-state index contributed by atoms with van der Waals surface area (Å²) in [5.41, 5.74) is 7.00. The van der Waals surface area contributed by atoms with Crippen LogP contribution in [0.5, 0.6) is 0 Å². The molecule has 5 rings (SSSR count). The van der Waals surface area contributed by atoms with Crippen LogP contribution < -0.4 is 0 Å². The molecule has 0 aliphatic rings. The standard InChI is InChI=1S/C44H46O6/c1-7-38(45)48-20-10-13-29-23-30(14-11-21-49-39(46)8-2)41(31(24-29)15-12-22-50-40(47)9-3)36-25-32-16-18-34-27-37(44(4,5)6)28-35-19-17-33(26-36)42(32)43(34)35/h7-9,16-19,23-28H,1-3,10-15,20-22H2,4-6H3. The Hall–Kier alpha value is -5.23. The maximum absolute atomic E-state index is 11.8. The molecule has 0 amide bonds. The molecule has 0 saturated carbocycles. The van der Waals surface area contributed by atoms with Gasteiger partial charge < -0.3 is 14.2 Å². The van der Waals surface area contributed by atoms with E-state index in [1.54, 1.807) is 0 Å². The highest BCUT2D eigenvalue weighted by Crippen LogP contribution is 2.41. The lowest BCUT2D eigenvalue weighted by molar-refractivity contribution is -0.138. The van der Waals surface area contributed by atoms with E-state index in [0.29, 0.717) is 45.1 Å². The number of carbonyl (C=O) groups excluding carboxylic acids is 3. The minimum atomic E-state index is -0.440. The highest BCUT2D eigenvalue weighted by Gasteiger charge is 2.19. The summed E-state index contributed by atoms with van der Waals surface area (Å²) in [4.78, 5) is 35.2. The summed E-state index contributed by atoms with van der Waals surface area (Å²) in [6.45, 7) is 18.1. The van der Waals surface area contributed by atoms with Crippen molar-refractivity contribution in [2.75, 3.05) is 19.8 Å². The third-order valence-electron chi connectivity index (χ3n) is 9.07. The van der Waals surface area contributed by atoms with E-state index in [-0.39, 0.29) is 18.6 Å². The third kappa shape index (κ3) is 8.49. The van der Waals surface area contributed by atoms with Gasteiger partial charge in [0.2, 0.25) is 0 Å². The average Bonchev–Trinajstić information content (AvgIpc) is 3.11. The van der Waals surface area contributed by atoms with Gasteiger partial charge in [0.25, 0.3) is 0 Å². The molecular weight excluding hydrogens is 624 g/mol. The van der Waals surface area contributed by atoms with E-state index in [2.05, 4.69) is 101 Å². The Morgan fingerprint density at radius 3 is 1.34 bits per heavy atom. The molecule has 0 N–H and O–H groups in total. The van der Waals surface area contributed by atoms with Crippen LogP contribution in [-0.4, -0.2) is 37.7 Å². The van der Waals surface area contributed by atoms with Crippen LogP contribution >= 0.6 is 0 Å². The zero-order valence-corrected chi connectivity index (χ0v) is 29.4. The summed E-state index contributed by atoms with van der Waals surface area (Å²) >= 11 is 0. The molecule has 0 heterocycles. The Balaban J connectivity index is 1.60. The van der Waals surface area contributed by atoms with E-state index >= 15 is 0 Å². The van der Waals surface area contributed by atoms with Gasteiger partial charge in [-0.25, -0.2) is 14.4 Å². The van der Waals surface area contributed by atoms with Crippen molar-refractivity contribution < 1.29 is 28.6 Å². The van der Waals surface area contributed by atoms with Gasteiger partial charge >= 0.3 is 17.9 Å². The van der Waals surface area contributed by atoms with Gasteiger partial charge in [-0.2, -0.15) is 0 Å². The largest absolute Gasteiger partial charge is 0.463 e. The topological polar surface area (TPSA) is 78.9 Å². The normalized spacial score (nSPS) is 11.5. The first-order valence-electron chi connectivity index (χ1n) is 17.3. The lowest BCUT2D eigenvalue weighted by atomic mass is 9.82. The van der Waals surface area contributed by atoms with Crippen molar-refractivity contribution in [3.63, 3.8) is 0 Å². The Morgan fingerprint density at radius 1 is 0.580 bits per heavy atom. The fraction of sp³-hybridized carbons (Fsp3) is 0.295. The molecule has 0 spiro atoms. The van der Waals surface area contributed by atoms with Crippen molar-refractivity contribution in [2.45, 2.75) is 64.7 Å². The van der Waals surface area contributed by atoms with Gasteiger partial charge in [-0.3, -0.25) is 0 Å². The highest BCUT2D eigenvalue weighted by molar-refractivity contribution is 6.24. The van der Waals surface area contributed by atoms with Gasteiger partial charge in [-0.15, -0.1) is 0 Å². The number of aryl methyl sites for hydroxylation is 3. The average molecular weight is 671 g/mol. The van der Waals surface area contributed by atoms with Gasteiger partial charge in [-0.1, -0.05) is 89.0 Å². The molecule has 6 nitrogen and oxygen atoms in total. The van der Waals surface area contributed by atoms with Gasteiger partial charge in [0.1, 0.15) is 0 Å². The number of carbonyl (C=O) groups is 3. The number of hydrogen-bond donors (Lipinski definition) is 0. The van der Waals surface area contributed by atoms with Crippen molar-refractivity contribution in [1.29, 1.82) is 0 Å². The van der Waals surface area contributed by atoms with Crippen molar-refractivity contribution in [1.82, 2.24) is 0 Å². The van der Waals surface area contributed by atoms with E-state index in [1.807, 2.05) is 0 Å². The first kappa shape index (κ1) is 36.1. The predicted molar refractivity (Wildman–Crippen MR) is 203 cm³/mol. The van der Waals surface area contributed by atoms with Gasteiger partial charge in [0.15, 0.2) is 0 Å². The fourth-order valence-electron chi connectivity index (χ4n) is 6.66. The van der Waals surface area contributed by atoms with Crippen molar-refractivity contribution >= 4 is 50.2 Å². The molecule has 0 atom stereocenters. The lowest BCUT2D eigenvalue weighted by Crippen LogP contribution is -2.10. The summed E-state index contributed by atoms with van der Waals surface area (Å²) in [5.74, 6) is -1.32. The zero-order chi connectivity index (χ0) is 35.8. The molecule has 50 heavy (non-hydrogen) atoms. The second-order valence-corrected chi connectivity index (χ2v) is 13.7. The summed E-state index contributed by atoms with van der Waals surface area (Å²) in [6.07, 6.45) is 7.51. The minimum absolute atomic E-state index is 0.0423. The van der Waals surface area contributed by atoms with Crippen molar-refractivity contribution in [3.05, 3.63) is 121 Å². The van der Waals surface area contributed by atoms with E-state index in [1.165, 1.54) is 56.1 Å². The molecule has 0 bridgehead atoms. The molecule has 0 aromatic heterocycles. The van der Waals surface area contributed by atoms with Crippen LogP contribution in [0, 0.1) is 0 Å². The van der Waals surface area contributed by atoms with Gasteiger partial charge in [-0.05, 0) is 122 Å². The molecule has 5 aromatic rings. The molecule has 0 aliphatic heterocycles. The Bertz CT molecular complexity index is 1950. The monoisotopic (exact) mass is 670 g/mol. The number of ether oxygens (including phenoxy) is 3. The molecule has 0 aliphatic carbocycles. The van der Waals surface area contributed by atoms with E-state index in [4.69, 9.17) is 14.2 Å². The Kier molecular flexibility index (Phi) is 11.5. The number of hydrogen-bond acceptors (Lipinski definition) is 6. The summed E-state index contributed by atoms with van der Waals surface area (Å²) < 4.78 is 15.9. The third-order valence-corrected chi connectivity index (χ3v) is 9.07. The van der Waals surface area contributed by atoms with Crippen LogP contribution in [0.3, 0.4) is 0 Å². The number of esters is 3. The molecule has 6 heteroatoms. The predicted octanol–water partition coefficient (Wildman–Crippen LogP) is 9.53. The van der Waals surface area contributed by atoms with E-state index in [0.717, 1.165) is 27.8 Å². The Morgan fingerprint density at radius 2 is 0.960 bits per heavy atom. The summed E-state index contributed by atoms with van der Waals surface area (Å²) in [7, 11) is 0. The van der Waals surface area contributed by atoms with Gasteiger partial charge in [0.05, 0.1) is 19.8 Å². The maximum Gasteiger partial charge on any atom is 0.330 e. The fourth-order valence-corrected chi connectivity index (χ4v) is 6.66. The van der Waals surface area contributed by atoms with Crippen LogP contribution in [0.1, 0.15) is 62.3 Å². The second-order valence-electron chi connectivity index (χ2n) is 13.7. The number of rotatable bonds is 16. The van der Waals surface area contributed by atoms with Crippen LogP contribution in [0.2, 0.25) is 0 Å². The Labute approximate surface area is 294 Å². The molecule has 5 aromatic carbocycles. The minimum Gasteiger partial charge on any atom is -0.463 e. The first-order chi connectivity index (χ1) is 24.0. The zero-order valence-electron chi connectivity index (χ0n) is 29.4. The van der Waals surface area contributed by atoms with E-state index < -0.39 is 17.9 Å². The maximum atomic E-state index is 11.8. The van der Waals surface area contributed by atoms with Crippen molar-refractivity contribution in [3.8, 4) is 11.1 Å². The highest BCUT2D eigenvalue weighted by atomic mass is 16.5. The summed E-state index contributed by atoms with van der Waals surface area (Å²) in [6, 6.07) is 22.6. The van der Waals surface area contributed by atoms with Crippen LogP contribution in [-0.2, 0) is 53.3 Å². The first-order valence-corrected chi connectivity index (χ1v) is 17.3. The van der Waals surface area contributed by atoms with Crippen LogP contribution in [0.25, 0.3) is 43.4 Å². The van der Waals surface area contributed by atoms with E-state index in [9.17, 15) is 14.4 Å². The molecule has 0 saturated heterocycles. The van der Waals surface area contributed by atoms with Crippen LogP contribution in [0.4, 0.5) is 0 Å². The molecule has 0 radical (unpaired) electrons. The SMILES string of the molecule is C=CC(=O)OCCCc1cc(CCCOC(=O)C=C)c(-c2cc3ccc4cc(C(C)(C)C)cc5ccc(c2)c3c45)c(CCCOC(=O)C=C)c1. The van der Waals surface area contributed by atoms with Crippen LogP contribution in [0.15, 0.2) is 98.6 Å². The smallest absolute Gasteiger partial charge is 0.330 e.